The van der Waals surface area contributed by atoms with Crippen LogP contribution in [0.5, 0.6) is 0 Å². The van der Waals surface area contributed by atoms with E-state index >= 15 is 0 Å². The summed E-state index contributed by atoms with van der Waals surface area (Å²) >= 11 is 0. The zero-order chi connectivity index (χ0) is 21.0. The summed E-state index contributed by atoms with van der Waals surface area (Å²) in [7, 11) is -1.94. The minimum atomic E-state index is -1.94. The number of Topliss-reactive ketones (excluding diaryl/α,β-unsaturated/α-hetero) is 1. The summed E-state index contributed by atoms with van der Waals surface area (Å²) in [6, 6.07) is 0. The van der Waals surface area contributed by atoms with Gasteiger partial charge in [-0.3, -0.25) is 4.79 Å². The Morgan fingerprint density at radius 3 is 2.30 bits per heavy atom. The van der Waals surface area contributed by atoms with Crippen molar-refractivity contribution in [3.63, 3.8) is 0 Å². The molecule has 0 N–H and O–H groups in total. The molecule has 27 heavy (non-hydrogen) atoms. The standard InChI is InChI=1S/C22H44O4Si/c1-11-13-14-18-16(3)19(23)22(8,20(18)26-17(4)24-12-2)15-25-27(9,10)21(5,6)7/h16-18,20H,11-15H2,1-10H3. The Labute approximate surface area is 168 Å². The first-order chi connectivity index (χ1) is 12.3. The van der Waals surface area contributed by atoms with Crippen molar-refractivity contribution < 1.29 is 18.7 Å². The fourth-order valence-corrected chi connectivity index (χ4v) is 4.96. The summed E-state index contributed by atoms with van der Waals surface area (Å²) < 4.78 is 18.5. The highest BCUT2D eigenvalue weighted by atomic mass is 28.4. The van der Waals surface area contributed by atoms with Crippen molar-refractivity contribution in [1.82, 2.24) is 0 Å². The van der Waals surface area contributed by atoms with E-state index in [1.165, 1.54) is 0 Å². The zero-order valence-corrected chi connectivity index (χ0v) is 20.5. The fourth-order valence-electron chi connectivity index (χ4n) is 3.86. The van der Waals surface area contributed by atoms with Gasteiger partial charge in [0.25, 0.3) is 0 Å². The molecule has 1 fully saturated rings. The molecular weight excluding hydrogens is 356 g/mol. The first-order valence-electron chi connectivity index (χ1n) is 10.8. The number of hydrogen-bond donors (Lipinski definition) is 0. The summed E-state index contributed by atoms with van der Waals surface area (Å²) in [5.74, 6) is 0.521. The predicted octanol–water partition coefficient (Wildman–Crippen LogP) is 5.81. The van der Waals surface area contributed by atoms with E-state index in [0.717, 1.165) is 19.3 Å². The van der Waals surface area contributed by atoms with Crippen LogP contribution in [0.25, 0.3) is 0 Å². The van der Waals surface area contributed by atoms with Crippen molar-refractivity contribution in [2.45, 2.75) is 105 Å². The Balaban J connectivity index is 3.10. The van der Waals surface area contributed by atoms with E-state index in [9.17, 15) is 4.79 Å². The van der Waals surface area contributed by atoms with Crippen LogP contribution in [0.3, 0.4) is 0 Å². The zero-order valence-electron chi connectivity index (χ0n) is 19.5. The molecule has 0 spiro atoms. The Hall–Kier alpha value is -0.233. The van der Waals surface area contributed by atoms with E-state index in [2.05, 4.69) is 47.7 Å². The third kappa shape index (κ3) is 5.65. The van der Waals surface area contributed by atoms with E-state index in [4.69, 9.17) is 13.9 Å². The predicted molar refractivity (Wildman–Crippen MR) is 114 cm³/mol. The Morgan fingerprint density at radius 2 is 1.81 bits per heavy atom. The van der Waals surface area contributed by atoms with Gasteiger partial charge in [0, 0.05) is 19.1 Å². The van der Waals surface area contributed by atoms with Crippen molar-refractivity contribution in [3.05, 3.63) is 0 Å². The molecule has 0 aromatic rings. The Bertz CT molecular complexity index is 485. The lowest BCUT2D eigenvalue weighted by Crippen LogP contribution is -2.48. The number of carbonyl (C=O) groups excluding carboxylic acids is 1. The SMILES string of the molecule is CCCCC1C(C)C(=O)C(C)(CO[Si](C)(C)C(C)(C)C)C1OC(C)OCC. The molecule has 1 aliphatic rings. The lowest BCUT2D eigenvalue weighted by atomic mass is 9.83. The van der Waals surface area contributed by atoms with Gasteiger partial charge in [-0.05, 0) is 51.2 Å². The number of rotatable bonds is 10. The maximum absolute atomic E-state index is 13.3. The summed E-state index contributed by atoms with van der Waals surface area (Å²) in [6.07, 6.45) is 2.79. The lowest BCUT2D eigenvalue weighted by Gasteiger charge is -2.41. The second-order valence-electron chi connectivity index (χ2n) is 10.0. The van der Waals surface area contributed by atoms with Gasteiger partial charge in [0.2, 0.25) is 0 Å². The topological polar surface area (TPSA) is 44.8 Å². The van der Waals surface area contributed by atoms with Crippen LogP contribution in [0.4, 0.5) is 0 Å². The molecule has 5 heteroatoms. The van der Waals surface area contributed by atoms with Gasteiger partial charge in [0.1, 0.15) is 5.78 Å². The average molecular weight is 401 g/mol. The number of carbonyl (C=O) groups is 1. The van der Waals surface area contributed by atoms with Crippen LogP contribution >= 0.6 is 0 Å². The second kappa shape index (κ2) is 9.51. The quantitative estimate of drug-likeness (QED) is 0.343. The lowest BCUT2D eigenvalue weighted by molar-refractivity contribution is -0.193. The van der Waals surface area contributed by atoms with Crippen LogP contribution in [0, 0.1) is 17.3 Å². The number of ketones is 1. The van der Waals surface area contributed by atoms with Crippen molar-refractivity contribution in [3.8, 4) is 0 Å². The highest BCUT2D eigenvalue weighted by Crippen LogP contribution is 2.48. The number of hydrogen-bond acceptors (Lipinski definition) is 4. The van der Waals surface area contributed by atoms with Crippen molar-refractivity contribution in [2.75, 3.05) is 13.2 Å². The van der Waals surface area contributed by atoms with Crippen molar-refractivity contribution in [1.29, 1.82) is 0 Å². The summed E-state index contributed by atoms with van der Waals surface area (Å²) in [5.41, 5.74) is -0.612. The van der Waals surface area contributed by atoms with Gasteiger partial charge in [-0.1, -0.05) is 47.5 Å². The summed E-state index contributed by atoms with van der Waals surface area (Å²) in [6.45, 7) is 22.4. The van der Waals surface area contributed by atoms with Gasteiger partial charge in [0.05, 0.1) is 11.5 Å². The molecule has 5 atom stereocenters. The van der Waals surface area contributed by atoms with Gasteiger partial charge in [-0.2, -0.15) is 0 Å². The maximum Gasteiger partial charge on any atom is 0.192 e. The van der Waals surface area contributed by atoms with Gasteiger partial charge in [-0.15, -0.1) is 0 Å². The molecule has 1 rings (SSSR count). The molecule has 5 unspecified atom stereocenters. The molecule has 160 valence electrons. The molecule has 0 radical (unpaired) electrons. The number of unbranched alkanes of at least 4 members (excludes halogenated alkanes) is 1. The Morgan fingerprint density at radius 1 is 1.22 bits per heavy atom. The average Bonchev–Trinajstić information content (AvgIpc) is 2.73. The van der Waals surface area contributed by atoms with E-state index in [-0.39, 0.29) is 35.1 Å². The highest BCUT2D eigenvalue weighted by molar-refractivity contribution is 6.74. The highest BCUT2D eigenvalue weighted by Gasteiger charge is 2.57. The first kappa shape index (κ1) is 24.8. The van der Waals surface area contributed by atoms with Crippen molar-refractivity contribution >= 4 is 14.1 Å². The van der Waals surface area contributed by atoms with Crippen molar-refractivity contribution in [2.24, 2.45) is 17.3 Å². The van der Waals surface area contributed by atoms with E-state index in [1.807, 2.05) is 20.8 Å². The molecular formula is C22H44O4Si. The fraction of sp³-hybridized carbons (Fsp3) is 0.955. The van der Waals surface area contributed by atoms with E-state index in [0.29, 0.717) is 13.2 Å². The summed E-state index contributed by atoms with van der Waals surface area (Å²) in [4.78, 5) is 13.3. The van der Waals surface area contributed by atoms with Gasteiger partial charge in [0.15, 0.2) is 14.6 Å². The first-order valence-corrected chi connectivity index (χ1v) is 13.7. The third-order valence-corrected chi connectivity index (χ3v) is 11.3. The number of ether oxygens (including phenoxy) is 2. The molecule has 0 amide bonds. The van der Waals surface area contributed by atoms with Crippen LogP contribution in [-0.4, -0.2) is 39.7 Å². The molecule has 1 saturated carbocycles. The van der Waals surface area contributed by atoms with E-state index < -0.39 is 13.7 Å². The van der Waals surface area contributed by atoms with Gasteiger partial charge >= 0.3 is 0 Å². The summed E-state index contributed by atoms with van der Waals surface area (Å²) in [5, 5.41) is 0.118. The van der Waals surface area contributed by atoms with Crippen LogP contribution < -0.4 is 0 Å². The van der Waals surface area contributed by atoms with Crippen LogP contribution in [0.1, 0.15) is 74.7 Å². The molecule has 0 aromatic heterocycles. The maximum atomic E-state index is 13.3. The normalized spacial score (nSPS) is 30.7. The monoisotopic (exact) mass is 400 g/mol. The van der Waals surface area contributed by atoms with Crippen LogP contribution in [-0.2, 0) is 18.7 Å². The second-order valence-corrected chi connectivity index (χ2v) is 14.8. The molecule has 0 aromatic carbocycles. The molecule has 4 nitrogen and oxygen atoms in total. The minimum absolute atomic E-state index is 0.00314. The molecule has 1 aliphatic carbocycles. The van der Waals surface area contributed by atoms with Gasteiger partial charge < -0.3 is 13.9 Å². The van der Waals surface area contributed by atoms with Gasteiger partial charge in [-0.25, -0.2) is 0 Å². The molecule has 0 saturated heterocycles. The van der Waals surface area contributed by atoms with Crippen LogP contribution in [0.2, 0.25) is 18.1 Å². The minimum Gasteiger partial charge on any atom is -0.416 e. The largest absolute Gasteiger partial charge is 0.416 e. The Kier molecular flexibility index (Phi) is 8.74. The molecule has 0 heterocycles. The third-order valence-electron chi connectivity index (χ3n) is 6.81. The van der Waals surface area contributed by atoms with E-state index in [1.54, 1.807) is 0 Å². The molecule has 0 aliphatic heterocycles. The molecule has 0 bridgehead atoms. The van der Waals surface area contributed by atoms with Crippen LogP contribution in [0.15, 0.2) is 0 Å². The smallest absolute Gasteiger partial charge is 0.192 e.